The van der Waals surface area contributed by atoms with Crippen molar-refractivity contribution in [1.82, 2.24) is 0 Å². The third kappa shape index (κ3) is 3.81. The first-order valence-electron chi connectivity index (χ1n) is 3.33. The summed E-state index contributed by atoms with van der Waals surface area (Å²) in [6.45, 7) is 4.04. The molecular formula is C6H13NO. The Kier molecular flexibility index (Phi) is 2.60. The molecule has 0 unspecified atom stereocenters. The summed E-state index contributed by atoms with van der Waals surface area (Å²) >= 11 is 0. The quantitative estimate of drug-likeness (QED) is 0.545. The van der Waals surface area contributed by atoms with Gasteiger partial charge in [0.05, 0.1) is 6.04 Å². The highest BCUT2D eigenvalue weighted by molar-refractivity contribution is 5.56. The molecule has 0 saturated heterocycles. The maximum Gasteiger partial charge on any atom is 0.136 e. The van der Waals surface area contributed by atoms with Crippen molar-refractivity contribution < 1.29 is 6.21 Å². The molecule has 0 saturated carbocycles. The van der Waals surface area contributed by atoms with Crippen molar-refractivity contribution in [2.75, 3.05) is 0 Å². The van der Waals surface area contributed by atoms with Crippen molar-refractivity contribution in [3.63, 3.8) is 0 Å². The summed E-state index contributed by atoms with van der Waals surface area (Å²) in [4.78, 5) is 10.1. The predicted molar refractivity (Wildman–Crippen MR) is 33.5 cm³/mol. The Bertz CT molecular complexity index is 85.1. The molecule has 0 aliphatic carbocycles. The molecule has 0 bridgehead atoms. The van der Waals surface area contributed by atoms with E-state index in [4.69, 9.17) is 1.41 Å². The molecule has 0 aromatic heterocycles. The zero-order chi connectivity index (χ0) is 7.28. The lowest BCUT2D eigenvalue weighted by molar-refractivity contribution is -0.109. The van der Waals surface area contributed by atoms with Crippen LogP contribution in [0.15, 0.2) is 0 Å². The maximum atomic E-state index is 10.1. The zero-order valence-corrected chi connectivity index (χ0v) is 5.35. The van der Waals surface area contributed by atoms with Gasteiger partial charge in [-0.3, -0.25) is 0 Å². The Hall–Kier alpha value is -0.370. The molecule has 0 fully saturated rings. The summed E-state index contributed by atoms with van der Waals surface area (Å²) in [5.41, 5.74) is 2.16. The molecule has 0 aliphatic heterocycles. The number of carbonyl (C=O) groups excluding carboxylic acids is 1. The molecule has 1 atom stereocenters. The van der Waals surface area contributed by atoms with Gasteiger partial charge in [-0.15, -0.1) is 0 Å². The minimum atomic E-state index is -0.287. The predicted octanol–water partition coefficient (Wildman–Crippen LogP) is 0.559. The number of aldehydes is 1. The summed E-state index contributed by atoms with van der Waals surface area (Å²) in [6.07, 6.45) is 1.51. The standard InChI is InChI=1S/C6H13NO/c1-5(2)3-6(7)4-8/h4-6H,3,7H2,1-2H3/t6-/m0/s1/i/hD. The van der Waals surface area contributed by atoms with Crippen LogP contribution in [-0.4, -0.2) is 12.3 Å². The van der Waals surface area contributed by atoms with Crippen LogP contribution in [-0.2, 0) is 4.79 Å². The summed E-state index contributed by atoms with van der Waals surface area (Å²) in [6, 6.07) is -0.287. The highest BCUT2D eigenvalue weighted by atomic mass is 16.1. The van der Waals surface area contributed by atoms with Crippen LogP contribution in [0.3, 0.4) is 0 Å². The topological polar surface area (TPSA) is 43.1 Å². The van der Waals surface area contributed by atoms with Crippen LogP contribution in [0, 0.1) is 5.92 Å². The smallest absolute Gasteiger partial charge is 0.136 e. The second kappa shape index (κ2) is 3.61. The van der Waals surface area contributed by atoms with Crippen molar-refractivity contribution in [2.24, 2.45) is 11.6 Å². The average Bonchev–Trinajstić information content (AvgIpc) is 1.82. The molecule has 8 heavy (non-hydrogen) atoms. The van der Waals surface area contributed by atoms with Gasteiger partial charge in [0.1, 0.15) is 7.70 Å². The SMILES string of the molecule is [2H]N[C@H](C=O)CC(C)C. The van der Waals surface area contributed by atoms with E-state index in [0.29, 0.717) is 5.92 Å². The Morgan fingerprint density at radius 1 is 1.88 bits per heavy atom. The van der Waals surface area contributed by atoms with Gasteiger partial charge in [0.25, 0.3) is 0 Å². The van der Waals surface area contributed by atoms with Crippen LogP contribution in [0.1, 0.15) is 20.3 Å². The molecule has 0 aromatic rings. The number of rotatable bonds is 4. The van der Waals surface area contributed by atoms with Crippen molar-refractivity contribution in [2.45, 2.75) is 26.3 Å². The fraction of sp³-hybridized carbons (Fsp3) is 0.833. The molecular weight excluding hydrogens is 102 g/mol. The molecule has 0 heterocycles. The van der Waals surface area contributed by atoms with Gasteiger partial charge in [-0.05, 0) is 12.3 Å². The minimum absolute atomic E-state index is 0.287. The van der Waals surface area contributed by atoms with Crippen molar-refractivity contribution in [1.29, 1.82) is 0 Å². The number of nitrogens with two attached hydrogens (primary N) is 1. The van der Waals surface area contributed by atoms with E-state index in [9.17, 15) is 4.79 Å². The van der Waals surface area contributed by atoms with E-state index < -0.39 is 0 Å². The van der Waals surface area contributed by atoms with Crippen LogP contribution in [0.2, 0.25) is 1.41 Å². The van der Waals surface area contributed by atoms with E-state index in [-0.39, 0.29) is 6.04 Å². The Labute approximate surface area is 51.5 Å². The first-order valence-corrected chi connectivity index (χ1v) is 2.83. The van der Waals surface area contributed by atoms with E-state index in [1.54, 1.807) is 0 Å². The molecule has 48 valence electrons. The van der Waals surface area contributed by atoms with Gasteiger partial charge in [-0.2, -0.15) is 0 Å². The summed E-state index contributed by atoms with van der Waals surface area (Å²) in [5, 5.41) is 0. The van der Waals surface area contributed by atoms with E-state index in [1.807, 2.05) is 13.8 Å². The molecule has 0 aliphatic rings. The zero-order valence-electron chi connectivity index (χ0n) is 6.35. The van der Waals surface area contributed by atoms with Crippen molar-refractivity contribution in [3.8, 4) is 0 Å². The van der Waals surface area contributed by atoms with E-state index in [2.05, 4.69) is 5.73 Å². The van der Waals surface area contributed by atoms with Gasteiger partial charge < -0.3 is 10.5 Å². The van der Waals surface area contributed by atoms with E-state index in [1.165, 1.54) is 0 Å². The van der Waals surface area contributed by atoms with E-state index >= 15 is 0 Å². The van der Waals surface area contributed by atoms with Crippen LogP contribution < -0.4 is 5.73 Å². The van der Waals surface area contributed by atoms with Gasteiger partial charge >= 0.3 is 0 Å². The van der Waals surface area contributed by atoms with E-state index in [0.717, 1.165) is 12.7 Å². The molecule has 0 spiro atoms. The number of hydrogen-bond acceptors (Lipinski definition) is 2. The molecule has 2 N–H and O–H groups in total. The summed E-state index contributed by atoms with van der Waals surface area (Å²) in [5.74, 6) is 0.470. The van der Waals surface area contributed by atoms with Crippen molar-refractivity contribution in [3.05, 3.63) is 0 Å². The molecule has 0 aromatic carbocycles. The molecule has 2 heteroatoms. The number of carbonyl (C=O) groups is 1. The third-order valence-electron chi connectivity index (χ3n) is 0.890. The van der Waals surface area contributed by atoms with Gasteiger partial charge in [0, 0.05) is 0 Å². The lowest BCUT2D eigenvalue weighted by Crippen LogP contribution is -2.23. The molecule has 2 nitrogen and oxygen atoms in total. The van der Waals surface area contributed by atoms with Crippen LogP contribution in [0.25, 0.3) is 0 Å². The minimum Gasteiger partial charge on any atom is -0.322 e. The fourth-order valence-corrected chi connectivity index (χ4v) is 0.563. The highest BCUT2D eigenvalue weighted by Gasteiger charge is 2.01. The highest BCUT2D eigenvalue weighted by Crippen LogP contribution is 1.99. The Balaban J connectivity index is 3.42. The van der Waals surface area contributed by atoms with Crippen LogP contribution >= 0.6 is 0 Å². The van der Waals surface area contributed by atoms with Gasteiger partial charge in [-0.25, -0.2) is 0 Å². The van der Waals surface area contributed by atoms with Gasteiger partial charge in [0.2, 0.25) is 0 Å². The monoisotopic (exact) mass is 116 g/mol. The van der Waals surface area contributed by atoms with Crippen LogP contribution in [0.5, 0.6) is 0 Å². The second-order valence-corrected chi connectivity index (χ2v) is 2.37. The third-order valence-corrected chi connectivity index (χ3v) is 0.890. The van der Waals surface area contributed by atoms with Crippen molar-refractivity contribution >= 4 is 6.29 Å². The Morgan fingerprint density at radius 2 is 2.50 bits per heavy atom. The summed E-state index contributed by atoms with van der Waals surface area (Å²) in [7, 11) is 0. The number of hydrogen-bond donors (Lipinski definition) is 1. The van der Waals surface area contributed by atoms with Gasteiger partial charge in [0.15, 0.2) is 0 Å². The second-order valence-electron chi connectivity index (χ2n) is 2.37. The Morgan fingerprint density at radius 3 is 2.62 bits per heavy atom. The lowest BCUT2D eigenvalue weighted by atomic mass is 10.1. The average molecular weight is 116 g/mol. The molecule has 0 amide bonds. The lowest BCUT2D eigenvalue weighted by Gasteiger charge is -2.04. The summed E-state index contributed by atoms with van der Waals surface area (Å²) < 4.78 is 6.67. The van der Waals surface area contributed by atoms with Crippen LogP contribution in [0.4, 0.5) is 0 Å². The first kappa shape index (κ1) is 5.76. The normalized spacial score (nSPS) is 15.6. The molecule has 0 rings (SSSR count). The largest absolute Gasteiger partial charge is 0.322 e. The van der Waals surface area contributed by atoms with Gasteiger partial charge in [-0.1, -0.05) is 13.8 Å². The molecule has 0 radical (unpaired) electrons. The maximum absolute atomic E-state index is 10.1. The first-order chi connectivity index (χ1) is 4.20. The fourth-order valence-electron chi connectivity index (χ4n) is 0.563.